The average molecular weight is 519 g/mol. The summed E-state index contributed by atoms with van der Waals surface area (Å²) >= 11 is 0. The fourth-order valence-corrected chi connectivity index (χ4v) is 6.16. The van der Waals surface area contributed by atoms with Crippen molar-refractivity contribution < 1.29 is 24.2 Å². The van der Waals surface area contributed by atoms with Gasteiger partial charge in [0, 0.05) is 6.54 Å². The van der Waals surface area contributed by atoms with Gasteiger partial charge in [0.15, 0.2) is 6.10 Å². The van der Waals surface area contributed by atoms with Crippen LogP contribution in [0.3, 0.4) is 0 Å². The quantitative estimate of drug-likeness (QED) is 0.478. The molecule has 6 atom stereocenters. The molecule has 3 rings (SSSR count). The fraction of sp³-hybridized carbons (Fsp3) is 0.857. The van der Waals surface area contributed by atoms with Crippen LogP contribution >= 0.6 is 0 Å². The summed E-state index contributed by atoms with van der Waals surface area (Å²) < 4.78 is 5.43. The van der Waals surface area contributed by atoms with Gasteiger partial charge in [0.1, 0.15) is 17.7 Å². The van der Waals surface area contributed by atoms with E-state index in [4.69, 9.17) is 4.74 Å². The molecule has 0 aromatic rings. The van der Waals surface area contributed by atoms with Crippen molar-refractivity contribution in [1.82, 2.24) is 15.5 Å². The van der Waals surface area contributed by atoms with E-state index >= 15 is 0 Å². The van der Waals surface area contributed by atoms with Gasteiger partial charge in [-0.05, 0) is 50.9 Å². The fourth-order valence-electron chi connectivity index (χ4n) is 6.16. The Kier molecular flexibility index (Phi) is 9.49. The Hall–Kier alpha value is -2.34. The zero-order valence-electron chi connectivity index (χ0n) is 23.2. The molecule has 9 nitrogen and oxygen atoms in total. The van der Waals surface area contributed by atoms with Crippen LogP contribution in [0, 0.1) is 28.6 Å². The second-order valence-electron chi connectivity index (χ2n) is 12.7. The van der Waals surface area contributed by atoms with Crippen LogP contribution in [0.25, 0.3) is 0 Å². The predicted molar refractivity (Wildman–Crippen MR) is 139 cm³/mol. The number of hydrogen-bond acceptors (Lipinski definition) is 6. The number of ether oxygens (including phenoxy) is 1. The van der Waals surface area contributed by atoms with E-state index in [1.54, 1.807) is 25.7 Å². The number of nitriles is 1. The van der Waals surface area contributed by atoms with E-state index in [1.807, 2.05) is 6.07 Å². The van der Waals surface area contributed by atoms with E-state index in [1.165, 1.54) is 0 Å². The predicted octanol–water partition coefficient (Wildman–Crippen LogP) is 3.65. The molecule has 208 valence electrons. The lowest BCUT2D eigenvalue weighted by Gasteiger charge is -2.34. The van der Waals surface area contributed by atoms with Gasteiger partial charge in [0.05, 0.1) is 12.1 Å². The van der Waals surface area contributed by atoms with Crippen LogP contribution in [-0.2, 0) is 14.3 Å². The van der Waals surface area contributed by atoms with Crippen molar-refractivity contribution in [2.75, 3.05) is 6.54 Å². The molecule has 0 bridgehead atoms. The van der Waals surface area contributed by atoms with E-state index in [-0.39, 0.29) is 29.1 Å². The van der Waals surface area contributed by atoms with Gasteiger partial charge in [-0.25, -0.2) is 4.79 Å². The molecule has 9 heteroatoms. The third kappa shape index (κ3) is 7.37. The van der Waals surface area contributed by atoms with Crippen LogP contribution in [0.4, 0.5) is 4.79 Å². The monoisotopic (exact) mass is 518 g/mol. The molecule has 3 amide bonds. The van der Waals surface area contributed by atoms with E-state index in [2.05, 4.69) is 24.5 Å². The van der Waals surface area contributed by atoms with Crippen LogP contribution in [0.5, 0.6) is 0 Å². The first-order valence-electron chi connectivity index (χ1n) is 14.0. The summed E-state index contributed by atoms with van der Waals surface area (Å²) in [5.41, 5.74) is -0.767. The summed E-state index contributed by atoms with van der Waals surface area (Å²) in [5.74, 6) is -0.401. The molecule has 3 N–H and O–H groups in total. The minimum atomic E-state index is -1.30. The maximum Gasteiger partial charge on any atom is 0.408 e. The largest absolute Gasteiger partial charge is 0.444 e. The second-order valence-corrected chi connectivity index (χ2v) is 12.7. The number of carbonyl (C=O) groups excluding carboxylic acids is 3. The smallest absolute Gasteiger partial charge is 0.408 e. The maximum absolute atomic E-state index is 13.8. The van der Waals surface area contributed by atoms with Crippen molar-refractivity contribution in [2.24, 2.45) is 17.3 Å². The number of piperidine rings is 1. The molecule has 2 saturated heterocycles. The number of hydrogen-bond donors (Lipinski definition) is 3. The summed E-state index contributed by atoms with van der Waals surface area (Å²) in [6.45, 7) is 10.00. The zero-order chi connectivity index (χ0) is 27.4. The van der Waals surface area contributed by atoms with Crippen LogP contribution < -0.4 is 10.6 Å². The first kappa shape index (κ1) is 29.2. The third-order valence-electron chi connectivity index (χ3n) is 8.35. The number of amides is 3. The minimum absolute atomic E-state index is 0.000545. The summed E-state index contributed by atoms with van der Waals surface area (Å²) in [5, 5.41) is 25.4. The normalized spacial score (nSPS) is 32.1. The number of fused-ring (bicyclic) bond motifs is 3. The van der Waals surface area contributed by atoms with Gasteiger partial charge in [-0.3, -0.25) is 9.59 Å². The summed E-state index contributed by atoms with van der Waals surface area (Å²) in [6.07, 6.45) is 6.96. The third-order valence-corrected chi connectivity index (χ3v) is 8.35. The van der Waals surface area contributed by atoms with Gasteiger partial charge in [-0.1, -0.05) is 65.2 Å². The number of nitrogens with zero attached hydrogens (tertiary/aromatic N) is 2. The number of rotatable bonds is 2. The topological polar surface area (TPSA) is 132 Å². The van der Waals surface area contributed by atoms with Crippen LogP contribution in [0.15, 0.2) is 0 Å². The number of alkyl carbamates (subject to hydrolysis) is 1. The van der Waals surface area contributed by atoms with E-state index in [9.17, 15) is 24.8 Å². The second kappa shape index (κ2) is 12.0. The number of nitrogens with one attached hydrogen (secondary N) is 2. The number of carbonyl (C=O) groups is 3. The van der Waals surface area contributed by atoms with Crippen molar-refractivity contribution in [3.8, 4) is 6.07 Å². The van der Waals surface area contributed by atoms with Crippen molar-refractivity contribution in [3.05, 3.63) is 0 Å². The highest BCUT2D eigenvalue weighted by Crippen LogP contribution is 2.65. The molecule has 1 saturated carbocycles. The maximum atomic E-state index is 13.8. The summed E-state index contributed by atoms with van der Waals surface area (Å²) in [7, 11) is 0. The van der Waals surface area contributed by atoms with Crippen LogP contribution in [0.1, 0.15) is 98.8 Å². The number of aliphatic hydroxyl groups is 1. The standard InChI is InChI=1S/C28H46N4O5/c1-27(2,3)37-26(36)31-20-15-13-11-9-7-6-8-10-12-14-19(21(33)16-29)30-24(34)23-22-18(28(22,4)5)17-32(23)25(20)35/h18-23,33H,6-15,17H2,1-5H3,(H,30,34)(H,31,36)/t18?,19-,20-,21?,22?,23-/m0/s1. The molecule has 3 unspecified atom stereocenters. The lowest BCUT2D eigenvalue weighted by atomic mass is 9.97. The summed E-state index contributed by atoms with van der Waals surface area (Å²) in [4.78, 5) is 41.7. The average Bonchev–Trinajstić information content (AvgIpc) is 3.15. The van der Waals surface area contributed by atoms with Gasteiger partial charge in [0.2, 0.25) is 11.8 Å². The van der Waals surface area contributed by atoms with Crippen molar-refractivity contribution >= 4 is 17.9 Å². The Labute approximate surface area is 221 Å². The Morgan fingerprint density at radius 3 is 2.24 bits per heavy atom. The lowest BCUT2D eigenvalue weighted by molar-refractivity contribution is -0.142. The van der Waals surface area contributed by atoms with E-state index in [0.29, 0.717) is 19.4 Å². The Balaban J connectivity index is 1.84. The molecule has 3 fully saturated rings. The lowest BCUT2D eigenvalue weighted by Crippen LogP contribution is -2.58. The first-order chi connectivity index (χ1) is 17.4. The Bertz CT molecular complexity index is 877. The highest BCUT2D eigenvalue weighted by molar-refractivity contribution is 5.93. The molecule has 37 heavy (non-hydrogen) atoms. The van der Waals surface area contributed by atoms with Gasteiger partial charge in [-0.2, -0.15) is 5.26 Å². The van der Waals surface area contributed by atoms with Crippen LogP contribution in [-0.4, -0.2) is 64.3 Å². The highest BCUT2D eigenvalue weighted by atomic mass is 16.6. The van der Waals surface area contributed by atoms with E-state index < -0.39 is 35.9 Å². The van der Waals surface area contributed by atoms with Gasteiger partial charge in [-0.15, -0.1) is 0 Å². The minimum Gasteiger partial charge on any atom is -0.444 e. The molecule has 0 radical (unpaired) electrons. The molecule has 3 aliphatic rings. The molecular weight excluding hydrogens is 472 g/mol. The van der Waals surface area contributed by atoms with Gasteiger partial charge in [0.25, 0.3) is 0 Å². The molecular formula is C28H46N4O5. The molecule has 2 heterocycles. The zero-order valence-corrected chi connectivity index (χ0v) is 23.2. The molecule has 0 aromatic carbocycles. The summed E-state index contributed by atoms with van der Waals surface area (Å²) in [6, 6.07) is -0.281. The first-order valence-corrected chi connectivity index (χ1v) is 14.0. The van der Waals surface area contributed by atoms with E-state index in [0.717, 1.165) is 51.4 Å². The van der Waals surface area contributed by atoms with Crippen molar-refractivity contribution in [2.45, 2.75) is 129 Å². The van der Waals surface area contributed by atoms with Crippen molar-refractivity contribution in [1.29, 1.82) is 5.26 Å². The number of aliphatic hydroxyl groups excluding tert-OH is 1. The molecule has 0 aromatic heterocycles. The highest BCUT2D eigenvalue weighted by Gasteiger charge is 2.69. The Morgan fingerprint density at radius 1 is 1.11 bits per heavy atom. The molecule has 1 aliphatic carbocycles. The van der Waals surface area contributed by atoms with Gasteiger partial charge < -0.3 is 25.4 Å². The SMILES string of the molecule is CC(C)(C)OC(=O)N[C@H]1CCCCCCCCCC[C@@H](C(O)C#N)NC(=O)[C@@H]2C3C(CN2C1=O)C3(C)C. The van der Waals surface area contributed by atoms with Crippen LogP contribution in [0.2, 0.25) is 0 Å². The Morgan fingerprint density at radius 2 is 1.68 bits per heavy atom. The molecule has 0 spiro atoms. The molecule has 2 aliphatic heterocycles. The van der Waals surface area contributed by atoms with Gasteiger partial charge >= 0.3 is 6.09 Å². The van der Waals surface area contributed by atoms with Crippen molar-refractivity contribution in [3.63, 3.8) is 0 Å².